The fourth-order valence-electron chi connectivity index (χ4n) is 8.39. The molecule has 31 heavy (non-hydrogen) atoms. The molecule has 1 aliphatic heterocycles. The number of aliphatic hydroxyl groups is 3. The Bertz CT molecular complexity index is 868. The van der Waals surface area contributed by atoms with Crippen LogP contribution in [0.3, 0.4) is 0 Å². The largest absolute Gasteiger partial charge is 0.481 e. The number of aliphatic carboxylic acids is 1. The first-order chi connectivity index (χ1) is 14.6. The highest BCUT2D eigenvalue weighted by molar-refractivity contribution is 5.86. The molecule has 5 rings (SSSR count). The molecule has 0 radical (unpaired) electrons. The lowest BCUT2D eigenvalue weighted by atomic mass is 9.41. The summed E-state index contributed by atoms with van der Waals surface area (Å²) in [4.78, 5) is 36.9. The molecular weight excluding hydrogens is 404 g/mol. The number of carboxylic acid groups (broad SMARTS) is 1. The molecule has 4 aliphatic carbocycles. The lowest BCUT2D eigenvalue weighted by Crippen LogP contribution is -2.70. The summed E-state index contributed by atoms with van der Waals surface area (Å²) >= 11 is 0. The number of rotatable bonds is 3. The monoisotopic (exact) mass is 434 g/mol. The van der Waals surface area contributed by atoms with Gasteiger partial charge in [-0.25, -0.2) is 4.79 Å². The normalized spacial score (nSPS) is 51.2. The zero-order valence-corrected chi connectivity index (χ0v) is 17.5. The fraction of sp³-hybridized carbons (Fsp3) is 0.783. The van der Waals surface area contributed by atoms with Gasteiger partial charge in [-0.2, -0.15) is 0 Å². The highest BCUT2D eigenvalue weighted by atomic mass is 16.5. The molecule has 5 aliphatic rings. The number of fused-ring (bicyclic) bond motifs is 5. The van der Waals surface area contributed by atoms with Crippen LogP contribution >= 0.6 is 0 Å². The van der Waals surface area contributed by atoms with Crippen molar-refractivity contribution < 1.29 is 39.5 Å². The number of aliphatic hydroxyl groups excluding tert-OH is 1. The predicted octanol–water partition coefficient (Wildman–Crippen LogP) is 0.963. The quantitative estimate of drug-likeness (QED) is 0.380. The van der Waals surface area contributed by atoms with E-state index >= 15 is 0 Å². The first-order valence-electron chi connectivity index (χ1n) is 11.3. The van der Waals surface area contributed by atoms with Gasteiger partial charge in [0.2, 0.25) is 0 Å². The van der Waals surface area contributed by atoms with Crippen LogP contribution < -0.4 is 0 Å². The summed E-state index contributed by atoms with van der Waals surface area (Å²) in [6.07, 6.45) is 4.32. The molecule has 0 aromatic heterocycles. The van der Waals surface area contributed by atoms with E-state index < -0.39 is 51.9 Å². The molecule has 170 valence electrons. The van der Waals surface area contributed by atoms with Gasteiger partial charge in [-0.05, 0) is 68.8 Å². The zero-order chi connectivity index (χ0) is 22.2. The van der Waals surface area contributed by atoms with Crippen molar-refractivity contribution in [3.8, 4) is 0 Å². The third kappa shape index (κ3) is 2.44. The number of carbonyl (C=O) groups is 3. The Hall–Kier alpha value is -1.77. The number of cyclic esters (lactones) is 1. The van der Waals surface area contributed by atoms with Crippen LogP contribution in [0.4, 0.5) is 0 Å². The fourth-order valence-corrected chi connectivity index (χ4v) is 8.39. The molecule has 4 fully saturated rings. The van der Waals surface area contributed by atoms with Crippen LogP contribution in [0.5, 0.6) is 0 Å². The van der Waals surface area contributed by atoms with Gasteiger partial charge in [0.15, 0.2) is 0 Å². The molecular formula is C23H30O8. The summed E-state index contributed by atoms with van der Waals surface area (Å²) in [7, 11) is 0. The summed E-state index contributed by atoms with van der Waals surface area (Å²) < 4.78 is 5.04. The molecule has 1 heterocycles. The van der Waals surface area contributed by atoms with Crippen molar-refractivity contribution in [3.05, 3.63) is 11.6 Å². The first kappa shape index (κ1) is 21.1. The highest BCUT2D eigenvalue weighted by Gasteiger charge is 2.75. The Balaban J connectivity index is 1.58. The van der Waals surface area contributed by atoms with Gasteiger partial charge in [-0.3, -0.25) is 4.79 Å². The van der Waals surface area contributed by atoms with Gasteiger partial charge in [0.25, 0.3) is 0 Å². The topological polar surface area (TPSA) is 141 Å². The number of esters is 1. The summed E-state index contributed by atoms with van der Waals surface area (Å²) in [6, 6.07) is 0. The maximum absolute atomic E-state index is 12.8. The Morgan fingerprint density at radius 2 is 1.81 bits per heavy atom. The van der Waals surface area contributed by atoms with E-state index in [9.17, 15) is 34.8 Å². The molecule has 4 saturated carbocycles. The number of ether oxygens (including phenoxy) is 1. The SMILES string of the molecule is O=C[C@]12CC[C@H](O)C[C@@]1(O)CC[C@@H]1[C@@H]2CC[C@]2(C(=O)O)[C@@H](C3=CC(=O)OC3)CC[C@]12O. The summed E-state index contributed by atoms with van der Waals surface area (Å²) in [6.45, 7) is 0.0542. The van der Waals surface area contributed by atoms with Gasteiger partial charge < -0.3 is 30.0 Å². The van der Waals surface area contributed by atoms with Gasteiger partial charge in [0.1, 0.15) is 18.3 Å². The lowest BCUT2D eigenvalue weighted by Gasteiger charge is -2.64. The van der Waals surface area contributed by atoms with Crippen LogP contribution in [0.1, 0.15) is 57.8 Å². The minimum atomic E-state index is -1.54. The summed E-state index contributed by atoms with van der Waals surface area (Å²) in [5, 5.41) is 44.1. The summed E-state index contributed by atoms with van der Waals surface area (Å²) in [5.74, 6) is -2.84. The number of carboxylic acids is 1. The van der Waals surface area contributed by atoms with Crippen molar-refractivity contribution in [2.24, 2.45) is 28.6 Å². The van der Waals surface area contributed by atoms with E-state index in [4.69, 9.17) is 4.74 Å². The van der Waals surface area contributed by atoms with Crippen LogP contribution in [0.2, 0.25) is 0 Å². The third-order valence-electron chi connectivity index (χ3n) is 9.72. The Morgan fingerprint density at radius 3 is 2.45 bits per heavy atom. The van der Waals surface area contributed by atoms with Gasteiger partial charge in [0, 0.05) is 18.4 Å². The van der Waals surface area contributed by atoms with E-state index in [-0.39, 0.29) is 38.2 Å². The molecule has 0 aromatic rings. The van der Waals surface area contributed by atoms with Gasteiger partial charge >= 0.3 is 11.9 Å². The molecule has 4 N–H and O–H groups in total. The predicted molar refractivity (Wildman–Crippen MR) is 106 cm³/mol. The van der Waals surface area contributed by atoms with E-state index in [0.717, 1.165) is 6.29 Å². The Morgan fingerprint density at radius 1 is 1.06 bits per heavy atom. The van der Waals surface area contributed by atoms with E-state index in [0.29, 0.717) is 37.7 Å². The number of hydrogen-bond acceptors (Lipinski definition) is 7. The average Bonchev–Trinajstić information content (AvgIpc) is 3.28. The van der Waals surface area contributed by atoms with Crippen molar-refractivity contribution in [1.29, 1.82) is 0 Å². The van der Waals surface area contributed by atoms with Gasteiger partial charge in [0.05, 0.1) is 22.7 Å². The van der Waals surface area contributed by atoms with Gasteiger partial charge in [-0.1, -0.05) is 0 Å². The molecule has 8 nitrogen and oxygen atoms in total. The summed E-state index contributed by atoms with van der Waals surface area (Å²) in [5.41, 5.74) is -4.77. The number of hydrogen-bond donors (Lipinski definition) is 4. The second kappa shape index (κ2) is 6.62. The second-order valence-corrected chi connectivity index (χ2v) is 10.5. The average molecular weight is 434 g/mol. The van der Waals surface area contributed by atoms with Crippen LogP contribution in [-0.4, -0.2) is 62.6 Å². The van der Waals surface area contributed by atoms with Crippen LogP contribution in [0.15, 0.2) is 11.6 Å². The minimum absolute atomic E-state index is 0.0542. The first-order valence-corrected chi connectivity index (χ1v) is 11.3. The molecule has 8 heteroatoms. The molecule has 8 atom stereocenters. The standard InChI is InChI=1S/C23H30O8/c24-12-20-5-1-14(25)10-21(20,29)6-2-17-16(20)3-7-22(19(27)28)15(4-8-23(17,22)30)13-9-18(26)31-11-13/h9,12,14-17,25,29-30H,1-8,10-11H2,(H,27,28)/t14-,15+,16-,17+,20-,21-,22+,23-/m0/s1. The third-order valence-corrected chi connectivity index (χ3v) is 9.72. The molecule has 0 bridgehead atoms. The van der Waals surface area contributed by atoms with Crippen molar-refractivity contribution >= 4 is 18.2 Å². The molecule has 0 amide bonds. The van der Waals surface area contributed by atoms with Crippen molar-refractivity contribution in [2.75, 3.05) is 6.61 Å². The number of carbonyl (C=O) groups excluding carboxylic acids is 2. The van der Waals surface area contributed by atoms with Crippen LogP contribution in [-0.2, 0) is 19.1 Å². The minimum Gasteiger partial charge on any atom is -0.481 e. The smallest absolute Gasteiger partial charge is 0.331 e. The van der Waals surface area contributed by atoms with Crippen LogP contribution in [0.25, 0.3) is 0 Å². The maximum Gasteiger partial charge on any atom is 0.331 e. The Kier molecular flexibility index (Phi) is 4.51. The maximum atomic E-state index is 12.8. The zero-order valence-electron chi connectivity index (χ0n) is 17.5. The highest BCUT2D eigenvalue weighted by Crippen LogP contribution is 2.70. The molecule has 0 spiro atoms. The van der Waals surface area contributed by atoms with Crippen molar-refractivity contribution in [2.45, 2.75) is 75.1 Å². The second-order valence-electron chi connectivity index (χ2n) is 10.5. The van der Waals surface area contributed by atoms with Gasteiger partial charge in [-0.15, -0.1) is 0 Å². The van der Waals surface area contributed by atoms with E-state index in [1.807, 2.05) is 0 Å². The van der Waals surface area contributed by atoms with E-state index in [2.05, 4.69) is 0 Å². The Labute approximate surface area is 180 Å². The van der Waals surface area contributed by atoms with Crippen molar-refractivity contribution in [3.63, 3.8) is 0 Å². The molecule has 0 saturated heterocycles. The number of aldehydes is 1. The van der Waals surface area contributed by atoms with Crippen LogP contribution in [0, 0.1) is 28.6 Å². The molecule has 0 unspecified atom stereocenters. The molecule has 0 aromatic carbocycles. The van der Waals surface area contributed by atoms with E-state index in [1.165, 1.54) is 6.08 Å². The van der Waals surface area contributed by atoms with Crippen molar-refractivity contribution in [1.82, 2.24) is 0 Å². The van der Waals surface area contributed by atoms with E-state index in [1.54, 1.807) is 0 Å². The lowest BCUT2D eigenvalue weighted by molar-refractivity contribution is -0.251.